The summed E-state index contributed by atoms with van der Waals surface area (Å²) in [4.78, 5) is 30.4. The van der Waals surface area contributed by atoms with Crippen molar-refractivity contribution in [2.75, 3.05) is 68.5 Å². The first-order chi connectivity index (χ1) is 12.5. The van der Waals surface area contributed by atoms with Gasteiger partial charge in [-0.1, -0.05) is 17.7 Å². The smallest absolute Gasteiger partial charge is 0.253 e. The Morgan fingerprint density at radius 3 is 2.42 bits per heavy atom. The van der Waals surface area contributed by atoms with E-state index in [4.69, 9.17) is 11.6 Å². The van der Waals surface area contributed by atoms with Gasteiger partial charge in [-0.3, -0.25) is 9.59 Å². The molecule has 3 rings (SSSR count). The summed E-state index contributed by atoms with van der Waals surface area (Å²) < 4.78 is 0. The van der Waals surface area contributed by atoms with Crippen molar-refractivity contribution in [3.8, 4) is 0 Å². The SMILES string of the molecule is CN(C)CCCNc1c(N2CCN(c3cccc(Cl)c3)CC2)c(=O)c1=O. The van der Waals surface area contributed by atoms with E-state index in [0.29, 0.717) is 31.0 Å². The Kier molecular flexibility index (Phi) is 5.84. The Morgan fingerprint density at radius 2 is 1.77 bits per heavy atom. The Hall–Kier alpha value is -2.05. The van der Waals surface area contributed by atoms with Crippen molar-refractivity contribution in [3.63, 3.8) is 0 Å². The average molecular weight is 377 g/mol. The molecule has 2 aromatic rings. The van der Waals surface area contributed by atoms with Gasteiger partial charge in [-0.05, 0) is 45.3 Å². The number of nitrogens with one attached hydrogen (secondary N) is 1. The van der Waals surface area contributed by atoms with E-state index in [1.54, 1.807) is 0 Å². The van der Waals surface area contributed by atoms with Gasteiger partial charge in [-0.15, -0.1) is 0 Å². The highest BCUT2D eigenvalue weighted by molar-refractivity contribution is 6.30. The summed E-state index contributed by atoms with van der Waals surface area (Å²) in [6.45, 7) is 4.64. The summed E-state index contributed by atoms with van der Waals surface area (Å²) in [7, 11) is 4.03. The fourth-order valence-electron chi connectivity index (χ4n) is 3.32. The summed E-state index contributed by atoms with van der Waals surface area (Å²) in [5.74, 6) is 0. The number of hydrogen-bond donors (Lipinski definition) is 1. The van der Waals surface area contributed by atoms with Crippen LogP contribution >= 0.6 is 11.6 Å². The van der Waals surface area contributed by atoms with Gasteiger partial charge in [0.15, 0.2) is 0 Å². The van der Waals surface area contributed by atoms with Crippen molar-refractivity contribution in [3.05, 3.63) is 49.7 Å². The number of rotatable bonds is 7. The quantitative estimate of drug-likeness (QED) is 0.585. The minimum Gasteiger partial charge on any atom is -0.380 e. The molecule has 0 unspecified atom stereocenters. The second-order valence-electron chi connectivity index (χ2n) is 6.92. The van der Waals surface area contributed by atoms with Gasteiger partial charge in [-0.25, -0.2) is 0 Å². The van der Waals surface area contributed by atoms with Crippen LogP contribution in [-0.4, -0.2) is 58.3 Å². The maximum absolute atomic E-state index is 12.1. The Balaban J connectivity index is 1.60. The molecule has 7 heteroatoms. The van der Waals surface area contributed by atoms with E-state index in [1.165, 1.54) is 0 Å². The predicted molar refractivity (Wildman–Crippen MR) is 109 cm³/mol. The normalized spacial score (nSPS) is 15.1. The van der Waals surface area contributed by atoms with Crippen LogP contribution in [0.1, 0.15) is 6.42 Å². The Labute approximate surface area is 158 Å². The van der Waals surface area contributed by atoms with Crippen LogP contribution in [0.4, 0.5) is 17.1 Å². The molecule has 1 aliphatic rings. The van der Waals surface area contributed by atoms with Crippen LogP contribution < -0.4 is 26.0 Å². The lowest BCUT2D eigenvalue weighted by molar-refractivity contribution is 0.405. The van der Waals surface area contributed by atoms with E-state index in [-0.39, 0.29) is 10.9 Å². The van der Waals surface area contributed by atoms with E-state index >= 15 is 0 Å². The van der Waals surface area contributed by atoms with Gasteiger partial charge in [0, 0.05) is 43.4 Å². The molecule has 0 amide bonds. The molecule has 0 atom stereocenters. The standard InChI is InChI=1S/C19H25ClN4O2/c1-22(2)8-4-7-21-16-17(19(26)18(16)25)24-11-9-23(10-12-24)15-6-3-5-14(20)13-15/h3,5-6,13,21H,4,7-12H2,1-2H3. The summed E-state index contributed by atoms with van der Waals surface area (Å²) in [6.07, 6.45) is 0.924. The highest BCUT2D eigenvalue weighted by atomic mass is 35.5. The molecule has 1 N–H and O–H groups in total. The molecule has 1 aliphatic heterocycles. The number of benzene rings is 1. The van der Waals surface area contributed by atoms with Crippen molar-refractivity contribution >= 4 is 28.7 Å². The van der Waals surface area contributed by atoms with Gasteiger partial charge < -0.3 is 20.0 Å². The third-order valence-corrected chi connectivity index (χ3v) is 4.97. The summed E-state index contributed by atoms with van der Waals surface area (Å²) in [5, 5.41) is 3.88. The number of hydrogen-bond acceptors (Lipinski definition) is 6. The lowest BCUT2D eigenvalue weighted by Gasteiger charge is -2.38. The van der Waals surface area contributed by atoms with Crippen LogP contribution in [0.25, 0.3) is 0 Å². The predicted octanol–water partition coefficient (Wildman–Crippen LogP) is 1.63. The van der Waals surface area contributed by atoms with E-state index in [9.17, 15) is 9.59 Å². The van der Waals surface area contributed by atoms with Crippen LogP contribution in [0.5, 0.6) is 0 Å². The van der Waals surface area contributed by atoms with Gasteiger partial charge in [0.1, 0.15) is 11.4 Å². The van der Waals surface area contributed by atoms with Gasteiger partial charge >= 0.3 is 0 Å². The first kappa shape index (κ1) is 18.7. The third kappa shape index (κ3) is 4.02. The largest absolute Gasteiger partial charge is 0.380 e. The van der Waals surface area contributed by atoms with Crippen LogP contribution in [0.3, 0.4) is 0 Å². The zero-order valence-electron chi connectivity index (χ0n) is 15.3. The molecule has 140 valence electrons. The minimum absolute atomic E-state index is 0.365. The van der Waals surface area contributed by atoms with E-state index in [1.807, 2.05) is 43.3 Å². The van der Waals surface area contributed by atoms with Crippen molar-refractivity contribution in [1.29, 1.82) is 0 Å². The number of halogens is 1. The molecule has 0 bridgehead atoms. The van der Waals surface area contributed by atoms with Crippen molar-refractivity contribution in [2.45, 2.75) is 6.42 Å². The van der Waals surface area contributed by atoms with Gasteiger partial charge in [0.25, 0.3) is 10.9 Å². The topological polar surface area (TPSA) is 55.9 Å². The van der Waals surface area contributed by atoms with Crippen LogP contribution in [-0.2, 0) is 0 Å². The molecular formula is C19H25ClN4O2. The zero-order chi connectivity index (χ0) is 18.7. The van der Waals surface area contributed by atoms with Gasteiger partial charge in [0.2, 0.25) is 0 Å². The molecule has 0 spiro atoms. The first-order valence-corrected chi connectivity index (χ1v) is 9.32. The van der Waals surface area contributed by atoms with Crippen molar-refractivity contribution < 1.29 is 0 Å². The molecule has 0 radical (unpaired) electrons. The van der Waals surface area contributed by atoms with Crippen molar-refractivity contribution in [2.24, 2.45) is 0 Å². The van der Waals surface area contributed by atoms with E-state index < -0.39 is 0 Å². The summed E-state index contributed by atoms with van der Waals surface area (Å²) in [5.41, 5.74) is 1.39. The average Bonchev–Trinajstić information content (AvgIpc) is 2.63. The first-order valence-electron chi connectivity index (χ1n) is 8.94. The Bertz CT molecular complexity index is 821. The summed E-state index contributed by atoms with van der Waals surface area (Å²) in [6, 6.07) is 7.79. The molecule has 1 saturated heterocycles. The zero-order valence-corrected chi connectivity index (χ0v) is 16.1. The van der Waals surface area contributed by atoms with Crippen LogP contribution in [0.2, 0.25) is 5.02 Å². The molecule has 0 aromatic heterocycles. The fraction of sp³-hybridized carbons (Fsp3) is 0.474. The fourth-order valence-corrected chi connectivity index (χ4v) is 3.50. The van der Waals surface area contributed by atoms with Gasteiger partial charge in [-0.2, -0.15) is 0 Å². The number of nitrogens with zero attached hydrogens (tertiary/aromatic N) is 3. The summed E-state index contributed by atoms with van der Waals surface area (Å²) >= 11 is 6.07. The van der Waals surface area contributed by atoms with Crippen molar-refractivity contribution in [1.82, 2.24) is 4.90 Å². The Morgan fingerprint density at radius 1 is 1.08 bits per heavy atom. The molecule has 2 aromatic carbocycles. The third-order valence-electron chi connectivity index (χ3n) is 4.74. The second kappa shape index (κ2) is 8.10. The second-order valence-corrected chi connectivity index (χ2v) is 7.36. The maximum atomic E-state index is 12.1. The monoisotopic (exact) mass is 376 g/mol. The lowest BCUT2D eigenvalue weighted by atomic mass is 10.1. The minimum atomic E-state index is -0.387. The van der Waals surface area contributed by atoms with Crippen LogP contribution in [0, 0.1) is 0 Å². The van der Waals surface area contributed by atoms with Crippen LogP contribution in [0.15, 0.2) is 33.9 Å². The molecule has 26 heavy (non-hydrogen) atoms. The molecular weight excluding hydrogens is 352 g/mol. The lowest BCUT2D eigenvalue weighted by Crippen LogP contribution is -2.51. The molecule has 1 heterocycles. The van der Waals surface area contributed by atoms with Gasteiger partial charge in [0.05, 0.1) is 0 Å². The number of piperazine rings is 1. The molecule has 1 fully saturated rings. The number of anilines is 3. The molecule has 0 aliphatic carbocycles. The highest BCUT2D eigenvalue weighted by Gasteiger charge is 2.28. The molecule has 6 nitrogen and oxygen atoms in total. The highest BCUT2D eigenvalue weighted by Crippen LogP contribution is 2.25. The molecule has 0 saturated carbocycles. The van der Waals surface area contributed by atoms with E-state index in [2.05, 4.69) is 15.1 Å². The van der Waals surface area contributed by atoms with E-state index in [0.717, 1.165) is 36.8 Å². The maximum Gasteiger partial charge on any atom is 0.253 e.